The highest BCUT2D eigenvalue weighted by Crippen LogP contribution is 2.45. The summed E-state index contributed by atoms with van der Waals surface area (Å²) in [6.07, 6.45) is 0. The third-order valence-corrected chi connectivity index (χ3v) is 7.78. The van der Waals surface area contributed by atoms with Crippen LogP contribution in [0.3, 0.4) is 0 Å². The summed E-state index contributed by atoms with van der Waals surface area (Å²) in [7, 11) is 6.49. The van der Waals surface area contributed by atoms with Crippen LogP contribution in [0, 0.1) is 0 Å². The molecular formula is C36H34N8O4. The van der Waals surface area contributed by atoms with Crippen molar-refractivity contribution in [3.8, 4) is 79.2 Å². The highest BCUT2D eigenvalue weighted by Gasteiger charge is 2.26. The highest BCUT2D eigenvalue weighted by atomic mass is 16.5. The van der Waals surface area contributed by atoms with E-state index in [-0.39, 0.29) is 11.9 Å². The van der Waals surface area contributed by atoms with Gasteiger partial charge in [-0.1, -0.05) is 24.3 Å². The van der Waals surface area contributed by atoms with Gasteiger partial charge < -0.3 is 18.9 Å². The largest absolute Gasteiger partial charge is 0.497 e. The topological polar surface area (TPSA) is 165 Å². The number of aromatic nitrogens is 4. The molecule has 0 saturated heterocycles. The molecule has 4 aromatic carbocycles. The zero-order valence-electron chi connectivity index (χ0n) is 26.8. The van der Waals surface area contributed by atoms with Gasteiger partial charge in [0.05, 0.1) is 39.8 Å². The van der Waals surface area contributed by atoms with Crippen LogP contribution in [-0.4, -0.2) is 48.4 Å². The molecule has 0 aliphatic heterocycles. The van der Waals surface area contributed by atoms with Gasteiger partial charge in [0.15, 0.2) is 0 Å². The molecular weight excluding hydrogens is 608 g/mol. The number of nitrogens with one attached hydrogen (secondary N) is 2. The van der Waals surface area contributed by atoms with Gasteiger partial charge in [-0.3, -0.25) is 10.9 Å². The molecule has 242 valence electrons. The van der Waals surface area contributed by atoms with E-state index in [1.165, 1.54) is 0 Å². The molecule has 0 aliphatic rings. The Balaban J connectivity index is 1.74. The lowest BCUT2D eigenvalue weighted by molar-refractivity contribution is 0.414. The summed E-state index contributed by atoms with van der Waals surface area (Å²) in [5, 5.41) is 0. The fraction of sp³-hybridized carbons (Fsp3) is 0.111. The van der Waals surface area contributed by atoms with Gasteiger partial charge in [-0.15, -0.1) is 0 Å². The summed E-state index contributed by atoms with van der Waals surface area (Å²) in [4.78, 5) is 19.6. The van der Waals surface area contributed by atoms with Gasteiger partial charge in [-0.2, -0.15) is 0 Å². The van der Waals surface area contributed by atoms with E-state index in [1.54, 1.807) is 28.4 Å². The number of hydrazine groups is 2. The Morgan fingerprint density at radius 1 is 0.375 bits per heavy atom. The second kappa shape index (κ2) is 14.0. The zero-order chi connectivity index (χ0) is 33.6. The van der Waals surface area contributed by atoms with Gasteiger partial charge in [0.1, 0.15) is 34.4 Å². The Bertz CT molecular complexity index is 1870. The fourth-order valence-corrected chi connectivity index (χ4v) is 5.37. The second-order valence-electron chi connectivity index (χ2n) is 10.4. The Hall–Kier alpha value is -6.24. The lowest BCUT2D eigenvalue weighted by atomic mass is 9.91. The van der Waals surface area contributed by atoms with E-state index in [0.29, 0.717) is 56.9 Å². The maximum atomic E-state index is 6.00. The molecule has 0 radical (unpaired) electrons. The third kappa shape index (κ3) is 6.25. The van der Waals surface area contributed by atoms with Crippen LogP contribution in [0.1, 0.15) is 0 Å². The Kier molecular flexibility index (Phi) is 9.28. The van der Waals surface area contributed by atoms with Gasteiger partial charge in [0.25, 0.3) is 0 Å². The van der Waals surface area contributed by atoms with E-state index in [0.717, 1.165) is 22.3 Å². The van der Waals surface area contributed by atoms with E-state index >= 15 is 0 Å². The van der Waals surface area contributed by atoms with Crippen LogP contribution in [0.25, 0.3) is 56.2 Å². The van der Waals surface area contributed by atoms with Crippen molar-refractivity contribution in [3.05, 3.63) is 97.1 Å². The molecule has 2 aromatic heterocycles. The normalized spacial score (nSPS) is 10.7. The first-order chi connectivity index (χ1) is 23.5. The van der Waals surface area contributed by atoms with Crippen LogP contribution < -0.4 is 41.5 Å². The summed E-state index contributed by atoms with van der Waals surface area (Å²) in [5.74, 6) is 15.2. The molecule has 12 nitrogen and oxygen atoms in total. The predicted octanol–water partition coefficient (Wildman–Crippen LogP) is 6.21. The van der Waals surface area contributed by atoms with E-state index in [2.05, 4.69) is 10.9 Å². The fourth-order valence-electron chi connectivity index (χ4n) is 5.37. The summed E-state index contributed by atoms with van der Waals surface area (Å²) in [6, 6.07) is 30.5. The molecule has 48 heavy (non-hydrogen) atoms. The van der Waals surface area contributed by atoms with Crippen LogP contribution >= 0.6 is 0 Å². The molecule has 0 fully saturated rings. The molecule has 0 amide bonds. The number of benzene rings is 4. The number of rotatable bonds is 11. The summed E-state index contributed by atoms with van der Waals surface area (Å²) in [6.45, 7) is 0. The predicted molar refractivity (Wildman–Crippen MR) is 187 cm³/mol. The Morgan fingerprint density at radius 2 is 0.625 bits per heavy atom. The van der Waals surface area contributed by atoms with Gasteiger partial charge in [-0.05, 0) is 83.9 Å². The quantitative estimate of drug-likeness (QED) is 0.0935. The first-order valence-electron chi connectivity index (χ1n) is 14.9. The van der Waals surface area contributed by atoms with Crippen molar-refractivity contribution < 1.29 is 18.9 Å². The standard InChI is InChI=1S/C36H34N8O4/c1-45-25-13-5-21(6-14-25)29-31(23-9-17-27(47-3)18-10-23)39-35(43-37)41-33(29)34-30(22-7-15-26(46-2)16-8-22)32(40-36(42-34)44-38)24-11-19-28(48-4)20-12-24/h5-20H,37-38H2,1-4H3,(H,39,41,43)(H,40,42,44). The number of anilines is 2. The van der Waals surface area contributed by atoms with Crippen LogP contribution in [0.15, 0.2) is 97.1 Å². The van der Waals surface area contributed by atoms with Crippen molar-refractivity contribution in [1.29, 1.82) is 0 Å². The lowest BCUT2D eigenvalue weighted by Crippen LogP contribution is -2.15. The van der Waals surface area contributed by atoms with Crippen molar-refractivity contribution in [2.75, 3.05) is 39.3 Å². The van der Waals surface area contributed by atoms with Crippen molar-refractivity contribution in [3.63, 3.8) is 0 Å². The van der Waals surface area contributed by atoms with Crippen molar-refractivity contribution in [2.24, 2.45) is 11.7 Å². The van der Waals surface area contributed by atoms with Gasteiger partial charge in [-0.25, -0.2) is 31.6 Å². The molecule has 12 heteroatoms. The summed E-state index contributed by atoms with van der Waals surface area (Å²) < 4.78 is 21.8. The van der Waals surface area contributed by atoms with Gasteiger partial charge in [0, 0.05) is 22.3 Å². The molecule has 0 spiro atoms. The molecule has 0 unspecified atom stereocenters. The summed E-state index contributed by atoms with van der Waals surface area (Å²) >= 11 is 0. The monoisotopic (exact) mass is 642 g/mol. The lowest BCUT2D eigenvalue weighted by Gasteiger charge is -2.20. The van der Waals surface area contributed by atoms with Crippen molar-refractivity contribution in [1.82, 2.24) is 19.9 Å². The van der Waals surface area contributed by atoms with Gasteiger partial charge >= 0.3 is 0 Å². The highest BCUT2D eigenvalue weighted by molar-refractivity contribution is 5.98. The van der Waals surface area contributed by atoms with Crippen molar-refractivity contribution in [2.45, 2.75) is 0 Å². The average Bonchev–Trinajstić information content (AvgIpc) is 3.17. The Labute approximate surface area is 277 Å². The number of nitrogens with zero attached hydrogens (tertiary/aromatic N) is 4. The number of hydrogen-bond acceptors (Lipinski definition) is 12. The number of methoxy groups -OCH3 is 4. The third-order valence-electron chi connectivity index (χ3n) is 7.78. The first-order valence-corrected chi connectivity index (χ1v) is 14.9. The van der Waals surface area contributed by atoms with Crippen LogP contribution in [0.2, 0.25) is 0 Å². The van der Waals surface area contributed by atoms with E-state index in [4.69, 9.17) is 50.6 Å². The minimum absolute atomic E-state index is 0.181. The molecule has 6 rings (SSSR count). The Morgan fingerprint density at radius 3 is 0.875 bits per heavy atom. The van der Waals surface area contributed by atoms with Crippen LogP contribution in [0.4, 0.5) is 11.9 Å². The molecule has 0 bridgehead atoms. The number of nitrogen functional groups attached to an aromatic ring is 2. The van der Waals surface area contributed by atoms with Crippen LogP contribution in [-0.2, 0) is 0 Å². The van der Waals surface area contributed by atoms with E-state index in [1.807, 2.05) is 97.1 Å². The van der Waals surface area contributed by atoms with Crippen LogP contribution in [0.5, 0.6) is 23.0 Å². The SMILES string of the molecule is COc1ccc(-c2nc(NN)nc(-c3nc(NN)nc(-c4ccc(OC)cc4)c3-c3ccc(OC)cc3)c2-c2ccc(OC)cc2)cc1. The number of nitrogens with two attached hydrogens (primary N) is 2. The second-order valence-corrected chi connectivity index (χ2v) is 10.4. The minimum Gasteiger partial charge on any atom is -0.497 e. The van der Waals surface area contributed by atoms with Crippen molar-refractivity contribution >= 4 is 11.9 Å². The molecule has 0 aliphatic carbocycles. The first kappa shape index (κ1) is 31.7. The molecule has 0 atom stereocenters. The van der Waals surface area contributed by atoms with Gasteiger partial charge in [0.2, 0.25) is 11.9 Å². The maximum absolute atomic E-state index is 6.00. The summed E-state index contributed by atoms with van der Waals surface area (Å²) in [5.41, 5.74) is 12.1. The van der Waals surface area contributed by atoms with E-state index in [9.17, 15) is 0 Å². The smallest absolute Gasteiger partial charge is 0.238 e. The average molecular weight is 643 g/mol. The number of ether oxygens (including phenoxy) is 4. The number of hydrogen-bond donors (Lipinski definition) is 4. The molecule has 0 saturated carbocycles. The zero-order valence-corrected chi connectivity index (χ0v) is 26.8. The molecule has 2 heterocycles. The van der Waals surface area contributed by atoms with E-state index < -0.39 is 0 Å². The maximum Gasteiger partial charge on any atom is 0.238 e. The minimum atomic E-state index is 0.181. The molecule has 6 aromatic rings. The molecule has 6 N–H and O–H groups in total.